The Morgan fingerprint density at radius 2 is 1.91 bits per heavy atom. The Morgan fingerprint density at radius 3 is 2.55 bits per heavy atom. The topological polar surface area (TPSA) is 119 Å². The number of carboxylic acids is 1. The van der Waals surface area contributed by atoms with E-state index in [2.05, 4.69) is 31.8 Å². The van der Waals surface area contributed by atoms with Crippen LogP contribution in [0.5, 0.6) is 5.75 Å². The molecule has 0 radical (unpaired) electrons. The molecule has 1 aromatic heterocycles. The van der Waals surface area contributed by atoms with Gasteiger partial charge in [0.15, 0.2) is 6.04 Å². The molecule has 8 nitrogen and oxygen atoms in total. The van der Waals surface area contributed by atoms with Crippen LogP contribution in [-0.2, 0) is 22.4 Å². The lowest BCUT2D eigenvalue weighted by atomic mass is 9.92. The van der Waals surface area contributed by atoms with E-state index >= 15 is 0 Å². The van der Waals surface area contributed by atoms with Crippen molar-refractivity contribution in [1.82, 2.24) is 9.88 Å². The maximum Gasteiger partial charge on any atom is 0.331 e. The molecular formula is C35H51N3O5S. The molecule has 0 aliphatic carbocycles. The van der Waals surface area contributed by atoms with Gasteiger partial charge in [0, 0.05) is 29.3 Å². The van der Waals surface area contributed by atoms with Crippen molar-refractivity contribution in [2.45, 2.75) is 97.4 Å². The second-order valence-electron chi connectivity index (χ2n) is 12.8. The lowest BCUT2D eigenvalue weighted by molar-refractivity contribution is -0.149. The Kier molecular flexibility index (Phi) is 14.5. The van der Waals surface area contributed by atoms with Crippen LogP contribution >= 0.6 is 11.8 Å². The molecular weight excluding hydrogens is 574 g/mol. The third-order valence-corrected chi connectivity index (χ3v) is 7.59. The molecule has 0 fully saturated rings. The summed E-state index contributed by atoms with van der Waals surface area (Å²) >= 11 is 1.97. The summed E-state index contributed by atoms with van der Waals surface area (Å²) in [5, 5.41) is 9.96. The van der Waals surface area contributed by atoms with Gasteiger partial charge in [-0.05, 0) is 89.0 Å². The van der Waals surface area contributed by atoms with Crippen LogP contribution in [0.15, 0.2) is 53.0 Å². The highest BCUT2D eigenvalue weighted by molar-refractivity contribution is 8.00. The average Bonchev–Trinajstić information content (AvgIpc) is 3.27. The molecule has 1 aromatic carbocycles. The van der Waals surface area contributed by atoms with E-state index in [1.54, 1.807) is 24.3 Å². The van der Waals surface area contributed by atoms with E-state index in [0.717, 1.165) is 35.6 Å². The number of aryl methyl sites for hydroxylation is 1. The number of amides is 1. The monoisotopic (exact) mass is 625 g/mol. The number of oxazole rings is 1. The van der Waals surface area contributed by atoms with Gasteiger partial charge >= 0.3 is 5.97 Å². The molecule has 3 rings (SSSR count). The number of carboxylic acid groups (broad SMARTS) is 1. The normalized spacial score (nSPS) is 15.5. The molecule has 2 heterocycles. The molecule has 44 heavy (non-hydrogen) atoms. The molecule has 0 saturated carbocycles. The Labute approximate surface area is 267 Å². The van der Waals surface area contributed by atoms with E-state index < -0.39 is 12.0 Å². The van der Waals surface area contributed by atoms with E-state index in [1.807, 2.05) is 64.6 Å². The standard InChI is InChI=1S/C31H40N2O5S.C4H11N/c1-6-7-9-13-28(34)33-18-16-23-14-15-24(21-25(23)29(33)30(35)36)37-19-17-26-22(2)38-27(32-26)12-10-8-11-20-39-31(3,4)5;1-4(2,3)5/h6-7,9-10,12-15,21,29H,8,11,16-20H2,1-5H3,(H,35,36);5H2,1-3H3/b7-6?,12-10+,13-9?;. The van der Waals surface area contributed by atoms with Gasteiger partial charge in [-0.1, -0.05) is 51.1 Å². The number of nitrogens with zero attached hydrogens (tertiary/aromatic N) is 2. The zero-order valence-electron chi connectivity index (χ0n) is 27.7. The Bertz CT molecular complexity index is 1310. The Hall–Kier alpha value is -3.30. The van der Waals surface area contributed by atoms with E-state index in [9.17, 15) is 14.7 Å². The molecule has 1 unspecified atom stereocenters. The van der Waals surface area contributed by atoms with Gasteiger partial charge in [0.05, 0.1) is 12.3 Å². The number of carbonyl (C=O) groups is 2. The van der Waals surface area contributed by atoms with Gasteiger partial charge in [0.1, 0.15) is 11.5 Å². The Balaban J connectivity index is 0.00000125. The summed E-state index contributed by atoms with van der Waals surface area (Å²) in [4.78, 5) is 30.8. The first-order chi connectivity index (χ1) is 20.6. The quantitative estimate of drug-likeness (QED) is 0.143. The van der Waals surface area contributed by atoms with Crippen molar-refractivity contribution in [3.8, 4) is 5.75 Å². The fourth-order valence-electron chi connectivity index (χ4n) is 4.31. The van der Waals surface area contributed by atoms with Crippen molar-refractivity contribution in [2.24, 2.45) is 5.73 Å². The minimum Gasteiger partial charge on any atom is -0.493 e. The summed E-state index contributed by atoms with van der Waals surface area (Å²) in [6.07, 6.45) is 13.8. The minimum atomic E-state index is -1.06. The first-order valence-electron chi connectivity index (χ1n) is 15.2. The van der Waals surface area contributed by atoms with Crippen LogP contribution in [0.25, 0.3) is 6.08 Å². The number of unbranched alkanes of at least 4 members (excludes halogenated alkanes) is 1. The van der Waals surface area contributed by atoms with Crippen molar-refractivity contribution >= 4 is 29.7 Å². The van der Waals surface area contributed by atoms with Gasteiger partial charge in [-0.3, -0.25) is 4.79 Å². The highest BCUT2D eigenvalue weighted by Gasteiger charge is 2.35. The number of aliphatic carboxylic acids is 1. The van der Waals surface area contributed by atoms with Crippen LogP contribution in [0, 0.1) is 6.92 Å². The SMILES string of the molecule is CC(C)(C)N.CC=CC=CC(=O)N1CCc2ccc(OCCc3nc(/C=C/CCCSC(C)(C)C)oc3C)cc2C1C(=O)O. The van der Waals surface area contributed by atoms with Gasteiger partial charge in [0.2, 0.25) is 11.8 Å². The summed E-state index contributed by atoms with van der Waals surface area (Å²) in [7, 11) is 0. The smallest absolute Gasteiger partial charge is 0.331 e. The van der Waals surface area contributed by atoms with Gasteiger partial charge in [0.25, 0.3) is 0 Å². The molecule has 3 N–H and O–H groups in total. The van der Waals surface area contributed by atoms with E-state index in [4.69, 9.17) is 14.9 Å². The second-order valence-corrected chi connectivity index (χ2v) is 14.7. The number of rotatable bonds is 12. The molecule has 9 heteroatoms. The molecule has 1 atom stereocenters. The van der Waals surface area contributed by atoms with Crippen LogP contribution in [-0.4, -0.2) is 56.1 Å². The number of ether oxygens (including phenoxy) is 1. The third-order valence-electron chi connectivity index (χ3n) is 6.23. The van der Waals surface area contributed by atoms with Gasteiger partial charge in [-0.2, -0.15) is 11.8 Å². The number of hydrogen-bond acceptors (Lipinski definition) is 7. The molecule has 0 saturated heterocycles. The molecule has 2 aromatic rings. The summed E-state index contributed by atoms with van der Waals surface area (Å²) in [5.74, 6) is 1.66. The minimum absolute atomic E-state index is 0. The molecule has 1 aliphatic rings. The van der Waals surface area contributed by atoms with Crippen molar-refractivity contribution in [3.05, 3.63) is 77.1 Å². The molecule has 242 valence electrons. The van der Waals surface area contributed by atoms with E-state index in [-0.39, 0.29) is 11.4 Å². The highest BCUT2D eigenvalue weighted by Crippen LogP contribution is 2.33. The number of nitrogens with two attached hydrogens (primary N) is 1. The zero-order chi connectivity index (χ0) is 32.9. The molecule has 1 aliphatic heterocycles. The summed E-state index contributed by atoms with van der Waals surface area (Å²) in [5.41, 5.74) is 7.69. The molecule has 0 bridgehead atoms. The lowest BCUT2D eigenvalue weighted by Gasteiger charge is -2.34. The van der Waals surface area contributed by atoms with Crippen molar-refractivity contribution in [1.29, 1.82) is 0 Å². The van der Waals surface area contributed by atoms with Crippen LogP contribution in [0.2, 0.25) is 0 Å². The van der Waals surface area contributed by atoms with Gasteiger partial charge in [-0.25, -0.2) is 9.78 Å². The van der Waals surface area contributed by atoms with Crippen LogP contribution in [0.4, 0.5) is 0 Å². The summed E-state index contributed by atoms with van der Waals surface area (Å²) < 4.78 is 12.1. The lowest BCUT2D eigenvalue weighted by Crippen LogP contribution is -2.42. The van der Waals surface area contributed by atoms with E-state index in [1.165, 1.54) is 11.0 Å². The predicted molar refractivity (Wildman–Crippen MR) is 181 cm³/mol. The number of fused-ring (bicyclic) bond motifs is 1. The average molecular weight is 626 g/mol. The third kappa shape index (κ3) is 13.6. The van der Waals surface area contributed by atoms with Gasteiger partial charge < -0.3 is 24.9 Å². The number of allylic oxidation sites excluding steroid dienone is 4. The summed E-state index contributed by atoms with van der Waals surface area (Å²) in [6, 6.07) is 4.43. The molecule has 1 amide bonds. The fourth-order valence-corrected chi connectivity index (χ4v) is 5.24. The number of thioether (sulfide) groups is 1. The number of benzene rings is 1. The van der Waals surface area contributed by atoms with Crippen molar-refractivity contribution in [2.75, 3.05) is 18.9 Å². The summed E-state index contributed by atoms with van der Waals surface area (Å²) in [6.45, 7) is 17.0. The van der Waals surface area contributed by atoms with Crippen LogP contribution in [0.1, 0.15) is 95.8 Å². The number of carbonyl (C=O) groups excluding carboxylic acids is 1. The maximum absolute atomic E-state index is 12.7. The fraction of sp³-hybridized carbons (Fsp3) is 0.514. The first-order valence-corrected chi connectivity index (χ1v) is 16.2. The van der Waals surface area contributed by atoms with Gasteiger partial charge in [-0.15, -0.1) is 0 Å². The number of hydrogen-bond donors (Lipinski definition) is 2. The first kappa shape index (κ1) is 36.9. The van der Waals surface area contributed by atoms with Crippen LogP contribution in [0.3, 0.4) is 0 Å². The second kappa shape index (κ2) is 17.3. The highest BCUT2D eigenvalue weighted by atomic mass is 32.2. The van der Waals surface area contributed by atoms with Crippen LogP contribution < -0.4 is 10.5 Å². The Morgan fingerprint density at radius 1 is 1.20 bits per heavy atom. The largest absolute Gasteiger partial charge is 0.493 e. The predicted octanol–water partition coefficient (Wildman–Crippen LogP) is 7.32. The van der Waals surface area contributed by atoms with Crippen molar-refractivity contribution < 1.29 is 23.8 Å². The van der Waals surface area contributed by atoms with E-state index in [0.29, 0.717) is 47.9 Å². The number of aromatic nitrogens is 1. The maximum atomic E-state index is 12.7. The van der Waals surface area contributed by atoms with Crippen molar-refractivity contribution in [3.63, 3.8) is 0 Å². The molecule has 0 spiro atoms. The zero-order valence-corrected chi connectivity index (χ0v) is 28.5.